The summed E-state index contributed by atoms with van der Waals surface area (Å²) in [6.07, 6.45) is 5.29. The molecule has 1 aliphatic heterocycles. The fourth-order valence-electron chi connectivity index (χ4n) is 3.43. The van der Waals surface area contributed by atoms with E-state index in [0.717, 1.165) is 24.2 Å². The smallest absolute Gasteiger partial charge is 0.253 e. The van der Waals surface area contributed by atoms with Gasteiger partial charge in [0.15, 0.2) is 0 Å². The van der Waals surface area contributed by atoms with Gasteiger partial charge in [-0.25, -0.2) is 0 Å². The van der Waals surface area contributed by atoms with Crippen LogP contribution in [0, 0.1) is 0 Å². The molecule has 0 atom stereocenters. The van der Waals surface area contributed by atoms with Gasteiger partial charge < -0.3 is 19.3 Å². The molecule has 8 heteroatoms. The molecule has 0 spiro atoms. The van der Waals surface area contributed by atoms with Crippen LogP contribution in [0.2, 0.25) is 0 Å². The van der Waals surface area contributed by atoms with E-state index in [2.05, 4.69) is 5.10 Å². The van der Waals surface area contributed by atoms with Crippen molar-refractivity contribution >= 4 is 11.8 Å². The summed E-state index contributed by atoms with van der Waals surface area (Å²) in [5.74, 6) is 0.702. The monoisotopic (exact) mass is 400 g/mol. The van der Waals surface area contributed by atoms with Gasteiger partial charge >= 0.3 is 0 Å². The maximum Gasteiger partial charge on any atom is 0.253 e. The molecule has 0 saturated carbocycles. The highest BCUT2D eigenvalue weighted by atomic mass is 16.5. The molecule has 1 saturated heterocycles. The molecule has 1 aliphatic rings. The zero-order chi connectivity index (χ0) is 20.8. The molecule has 156 valence electrons. The number of carbonyl (C=O) groups is 2. The molecule has 8 nitrogen and oxygen atoms in total. The normalized spacial score (nSPS) is 14.7. The van der Waals surface area contributed by atoms with Crippen LogP contribution in [-0.4, -0.2) is 71.4 Å². The SMILES string of the molecule is COCC(=O)N1CCC(Oc2ccc(C(=O)N(C)Cc3cnn(C)c3)cc2)CC1. The van der Waals surface area contributed by atoms with Gasteiger partial charge in [0.1, 0.15) is 18.5 Å². The van der Waals surface area contributed by atoms with Gasteiger partial charge in [-0.1, -0.05) is 0 Å². The van der Waals surface area contributed by atoms with Crippen LogP contribution in [0.15, 0.2) is 36.7 Å². The minimum Gasteiger partial charge on any atom is -0.490 e. The van der Waals surface area contributed by atoms with Crippen LogP contribution in [0.25, 0.3) is 0 Å². The van der Waals surface area contributed by atoms with Crippen molar-refractivity contribution in [2.45, 2.75) is 25.5 Å². The molecule has 2 amide bonds. The van der Waals surface area contributed by atoms with Crippen LogP contribution in [0.3, 0.4) is 0 Å². The summed E-state index contributed by atoms with van der Waals surface area (Å²) >= 11 is 0. The number of methoxy groups -OCH3 is 1. The fourth-order valence-corrected chi connectivity index (χ4v) is 3.43. The van der Waals surface area contributed by atoms with Crippen molar-refractivity contribution in [3.05, 3.63) is 47.8 Å². The zero-order valence-corrected chi connectivity index (χ0v) is 17.2. The number of benzene rings is 1. The van der Waals surface area contributed by atoms with Crippen molar-refractivity contribution in [1.82, 2.24) is 19.6 Å². The zero-order valence-electron chi connectivity index (χ0n) is 17.2. The first-order valence-corrected chi connectivity index (χ1v) is 9.72. The van der Waals surface area contributed by atoms with E-state index in [0.29, 0.717) is 25.2 Å². The highest BCUT2D eigenvalue weighted by molar-refractivity contribution is 5.94. The van der Waals surface area contributed by atoms with Gasteiger partial charge in [0.05, 0.1) is 6.20 Å². The molecule has 2 heterocycles. The molecule has 2 aromatic rings. The number of likely N-dealkylation sites (tertiary alicyclic amines) is 1. The Balaban J connectivity index is 1.50. The predicted octanol–water partition coefficient (Wildman–Crippen LogP) is 1.71. The van der Waals surface area contributed by atoms with E-state index in [-0.39, 0.29) is 24.5 Å². The number of hydrogen-bond donors (Lipinski definition) is 0. The maximum absolute atomic E-state index is 12.6. The lowest BCUT2D eigenvalue weighted by atomic mass is 10.1. The van der Waals surface area contributed by atoms with E-state index < -0.39 is 0 Å². The Morgan fingerprint density at radius 3 is 2.48 bits per heavy atom. The molecular formula is C21H28N4O4. The van der Waals surface area contributed by atoms with Gasteiger partial charge in [0.25, 0.3) is 5.91 Å². The average molecular weight is 400 g/mol. The van der Waals surface area contributed by atoms with Crippen LogP contribution in [0.4, 0.5) is 0 Å². The van der Waals surface area contributed by atoms with E-state index in [1.807, 2.05) is 30.3 Å². The van der Waals surface area contributed by atoms with E-state index in [1.165, 1.54) is 7.11 Å². The summed E-state index contributed by atoms with van der Waals surface area (Å²) in [7, 11) is 5.16. The van der Waals surface area contributed by atoms with Crippen LogP contribution >= 0.6 is 0 Å². The highest BCUT2D eigenvalue weighted by Gasteiger charge is 2.23. The Bertz CT molecular complexity index is 825. The molecule has 0 N–H and O–H groups in total. The third-order valence-corrected chi connectivity index (χ3v) is 4.99. The Hall–Kier alpha value is -2.87. The fraction of sp³-hybridized carbons (Fsp3) is 0.476. The van der Waals surface area contributed by atoms with Crippen molar-refractivity contribution in [1.29, 1.82) is 0 Å². The molecule has 1 fully saturated rings. The quantitative estimate of drug-likeness (QED) is 0.707. The number of aromatic nitrogens is 2. The molecular weight excluding hydrogens is 372 g/mol. The summed E-state index contributed by atoms with van der Waals surface area (Å²) in [5.41, 5.74) is 1.60. The molecule has 29 heavy (non-hydrogen) atoms. The number of nitrogens with zero attached hydrogens (tertiary/aromatic N) is 4. The average Bonchev–Trinajstić information content (AvgIpc) is 3.13. The first-order valence-electron chi connectivity index (χ1n) is 9.72. The first kappa shape index (κ1) is 20.9. The van der Waals surface area contributed by atoms with E-state index >= 15 is 0 Å². The minimum absolute atomic E-state index is 0.0178. The number of ether oxygens (including phenoxy) is 2. The molecule has 0 aliphatic carbocycles. The van der Waals surface area contributed by atoms with Crippen molar-refractivity contribution < 1.29 is 19.1 Å². The second-order valence-electron chi connectivity index (χ2n) is 7.34. The van der Waals surface area contributed by atoms with E-state index in [1.54, 1.807) is 35.0 Å². The summed E-state index contributed by atoms with van der Waals surface area (Å²) in [4.78, 5) is 28.0. The molecule has 0 unspecified atom stereocenters. The van der Waals surface area contributed by atoms with Gasteiger partial charge in [0, 0.05) is 71.0 Å². The summed E-state index contributed by atoms with van der Waals surface area (Å²) in [5, 5.41) is 4.13. The molecule has 0 radical (unpaired) electrons. The van der Waals surface area contributed by atoms with Crippen LogP contribution in [0.1, 0.15) is 28.8 Å². The molecule has 3 rings (SSSR count). The first-order chi connectivity index (χ1) is 14.0. The molecule has 1 aromatic heterocycles. The standard InChI is InChI=1S/C21H28N4O4/c1-23(13-16-12-22-24(2)14-16)21(27)17-4-6-18(7-5-17)29-19-8-10-25(11-9-19)20(26)15-28-3/h4-7,12,14,19H,8-11,13,15H2,1-3H3. The summed E-state index contributed by atoms with van der Waals surface area (Å²) in [6, 6.07) is 7.23. The van der Waals surface area contributed by atoms with Gasteiger partial charge in [-0.05, 0) is 24.3 Å². The van der Waals surface area contributed by atoms with Crippen LogP contribution < -0.4 is 4.74 Å². The van der Waals surface area contributed by atoms with E-state index in [4.69, 9.17) is 9.47 Å². The largest absolute Gasteiger partial charge is 0.490 e. The van der Waals surface area contributed by atoms with Crippen molar-refractivity contribution in [2.24, 2.45) is 7.05 Å². The lowest BCUT2D eigenvalue weighted by Gasteiger charge is -2.32. The van der Waals surface area contributed by atoms with Crippen molar-refractivity contribution in [3.63, 3.8) is 0 Å². The molecule has 0 bridgehead atoms. The minimum atomic E-state index is -0.0506. The lowest BCUT2D eigenvalue weighted by molar-refractivity contribution is -0.136. The molecule has 1 aromatic carbocycles. The third-order valence-electron chi connectivity index (χ3n) is 4.99. The van der Waals surface area contributed by atoms with Crippen LogP contribution in [-0.2, 0) is 23.1 Å². The third kappa shape index (κ3) is 5.57. The van der Waals surface area contributed by atoms with Crippen molar-refractivity contribution in [3.8, 4) is 5.75 Å². The van der Waals surface area contributed by atoms with Gasteiger partial charge in [-0.15, -0.1) is 0 Å². The maximum atomic E-state index is 12.6. The number of aryl methyl sites for hydroxylation is 1. The number of carbonyl (C=O) groups excluding carboxylic acids is 2. The number of rotatable bonds is 7. The Morgan fingerprint density at radius 2 is 1.90 bits per heavy atom. The summed E-state index contributed by atoms with van der Waals surface area (Å²) < 4.78 is 12.7. The van der Waals surface area contributed by atoms with Gasteiger partial charge in [-0.3, -0.25) is 14.3 Å². The van der Waals surface area contributed by atoms with Gasteiger partial charge in [-0.2, -0.15) is 5.10 Å². The number of piperidine rings is 1. The topological polar surface area (TPSA) is 76.9 Å². The Morgan fingerprint density at radius 1 is 1.21 bits per heavy atom. The number of amides is 2. The van der Waals surface area contributed by atoms with Gasteiger partial charge in [0.2, 0.25) is 5.91 Å². The number of hydrogen-bond acceptors (Lipinski definition) is 5. The lowest BCUT2D eigenvalue weighted by Crippen LogP contribution is -2.43. The van der Waals surface area contributed by atoms with Crippen LogP contribution in [0.5, 0.6) is 5.75 Å². The Kier molecular flexibility index (Phi) is 6.87. The predicted molar refractivity (Wildman–Crippen MR) is 108 cm³/mol. The highest BCUT2D eigenvalue weighted by Crippen LogP contribution is 2.20. The van der Waals surface area contributed by atoms with Crippen molar-refractivity contribution in [2.75, 3.05) is 33.9 Å². The Labute approximate surface area is 171 Å². The second kappa shape index (κ2) is 9.56. The summed E-state index contributed by atoms with van der Waals surface area (Å²) in [6.45, 7) is 1.96. The van der Waals surface area contributed by atoms with E-state index in [9.17, 15) is 9.59 Å². The second-order valence-corrected chi connectivity index (χ2v) is 7.34.